The first-order chi connectivity index (χ1) is 13.6. The van der Waals surface area contributed by atoms with E-state index in [1.807, 2.05) is 13.8 Å². The molecule has 3 heterocycles. The summed E-state index contributed by atoms with van der Waals surface area (Å²) < 4.78 is 11.0. The van der Waals surface area contributed by atoms with Gasteiger partial charge in [0.15, 0.2) is 12.0 Å². The van der Waals surface area contributed by atoms with E-state index in [9.17, 15) is 19.8 Å². The molecule has 1 fully saturated rings. The van der Waals surface area contributed by atoms with Crippen LogP contribution in [-0.4, -0.2) is 70.4 Å². The lowest BCUT2D eigenvalue weighted by Crippen LogP contribution is -2.43. The van der Waals surface area contributed by atoms with Gasteiger partial charge in [0.2, 0.25) is 5.95 Å². The summed E-state index contributed by atoms with van der Waals surface area (Å²) in [6.07, 6.45) is -4.71. The topological polar surface area (TPSA) is 163 Å². The highest BCUT2D eigenvalue weighted by Gasteiger charge is 2.49. The summed E-state index contributed by atoms with van der Waals surface area (Å²) in [5.41, 5.74) is 5.19. The van der Waals surface area contributed by atoms with Gasteiger partial charge in [0.25, 0.3) is 5.56 Å². The van der Waals surface area contributed by atoms with Gasteiger partial charge in [-0.3, -0.25) is 19.5 Å². The van der Waals surface area contributed by atoms with E-state index < -0.39 is 42.1 Å². The number of nitrogens with zero attached hydrogens (tertiary/aromatic N) is 2. The number of nitrogens with two attached hydrogens (primary N) is 1. The van der Waals surface area contributed by atoms with Gasteiger partial charge < -0.3 is 30.7 Å². The Bertz CT molecular complexity index is 861. The van der Waals surface area contributed by atoms with E-state index in [2.05, 4.69) is 21.9 Å². The van der Waals surface area contributed by atoms with Crippen LogP contribution >= 0.6 is 11.8 Å². The first-order valence-electron chi connectivity index (χ1n) is 9.07. The van der Waals surface area contributed by atoms with E-state index in [-0.39, 0.29) is 29.2 Å². The second-order valence-corrected chi connectivity index (χ2v) is 8.24. The van der Waals surface area contributed by atoms with Crippen LogP contribution in [0.5, 0.6) is 0 Å². The fraction of sp³-hybridized carbons (Fsp3) is 0.588. The second kappa shape index (κ2) is 8.32. The number of hydrogen-bond acceptors (Lipinski definition) is 11. The lowest BCUT2D eigenvalue weighted by Gasteiger charge is -2.27. The van der Waals surface area contributed by atoms with Crippen molar-refractivity contribution in [2.45, 2.75) is 49.3 Å². The van der Waals surface area contributed by atoms with E-state index in [4.69, 9.17) is 15.2 Å². The number of rotatable bonds is 6. The number of aromatic amines is 1. The Hall–Kier alpha value is -2.12. The molecule has 0 radical (unpaired) electrons. The fourth-order valence-corrected chi connectivity index (χ4v) is 4.23. The van der Waals surface area contributed by atoms with Crippen LogP contribution in [0.2, 0.25) is 0 Å². The van der Waals surface area contributed by atoms with Crippen molar-refractivity contribution in [3.8, 4) is 0 Å². The smallest absolute Gasteiger partial charge is 0.323 e. The zero-order valence-corrected chi connectivity index (χ0v) is 17.1. The van der Waals surface area contributed by atoms with Gasteiger partial charge in [-0.1, -0.05) is 32.2 Å². The Balaban J connectivity index is 1.75. The number of fused-ring (bicyclic) bond motifs is 1. The predicted molar refractivity (Wildman–Crippen MR) is 106 cm³/mol. The largest absolute Gasteiger partial charge is 0.462 e. The molecule has 2 aliphatic heterocycles. The molecule has 5 unspecified atom stereocenters. The number of esters is 1. The molecule has 0 aliphatic carbocycles. The Morgan fingerprint density at radius 1 is 1.48 bits per heavy atom. The highest BCUT2D eigenvalue weighted by atomic mass is 32.2. The molecule has 3 rings (SSSR count). The molecule has 1 saturated heterocycles. The zero-order chi connectivity index (χ0) is 21.5. The average molecular weight is 427 g/mol. The van der Waals surface area contributed by atoms with Crippen molar-refractivity contribution in [2.75, 3.05) is 24.3 Å². The molecule has 1 aromatic rings. The summed E-state index contributed by atoms with van der Waals surface area (Å²) >= 11 is 1.06. The van der Waals surface area contributed by atoms with Crippen molar-refractivity contribution in [3.05, 3.63) is 22.0 Å². The van der Waals surface area contributed by atoms with Crippen LogP contribution in [0.3, 0.4) is 0 Å². The maximum atomic E-state index is 12.2. The maximum Gasteiger partial charge on any atom is 0.323 e. The average Bonchev–Trinajstić information content (AvgIpc) is 3.10. The molecule has 12 heteroatoms. The predicted octanol–water partition coefficient (Wildman–Crippen LogP) is -1.03. The van der Waals surface area contributed by atoms with Crippen LogP contribution in [0.1, 0.15) is 13.8 Å². The van der Waals surface area contributed by atoms with Crippen LogP contribution in [0.25, 0.3) is 0 Å². The van der Waals surface area contributed by atoms with Crippen molar-refractivity contribution < 1.29 is 24.5 Å². The van der Waals surface area contributed by atoms with Crippen molar-refractivity contribution in [3.63, 3.8) is 0 Å². The number of aromatic nitrogens is 2. The molecule has 6 N–H and O–H groups in total. The number of aliphatic hydroxyl groups is 2. The molecule has 0 saturated carbocycles. The quantitative estimate of drug-likeness (QED) is 0.353. The number of carbonyl (C=O) groups is 1. The van der Waals surface area contributed by atoms with E-state index >= 15 is 0 Å². The van der Waals surface area contributed by atoms with E-state index in [0.29, 0.717) is 5.03 Å². The normalized spacial score (nSPS) is 27.4. The van der Waals surface area contributed by atoms with Crippen LogP contribution in [0.15, 0.2) is 21.3 Å². The number of hydrogen-bond donors (Lipinski definition) is 5. The fourth-order valence-electron chi connectivity index (χ4n) is 3.33. The number of ether oxygens (including phenoxy) is 2. The van der Waals surface area contributed by atoms with Crippen molar-refractivity contribution in [1.82, 2.24) is 15.3 Å². The number of anilines is 2. The first kappa shape index (κ1) is 21.6. The van der Waals surface area contributed by atoms with Crippen molar-refractivity contribution in [2.24, 2.45) is 5.92 Å². The standard InChI is InChI=1S/C17H25N5O6S/c1-6(2)9(19-4)16(26)27-5-8-10(23)11(24)15(28-8)22-7(3)29-12-13(22)20-17(18)21-14(12)25/h6,8-11,15,19,23-24H,3,5H2,1-2,4H3,(H3,18,20,21,25). The van der Waals surface area contributed by atoms with Gasteiger partial charge in [-0.25, -0.2) is 0 Å². The highest BCUT2D eigenvalue weighted by Crippen LogP contribution is 2.45. The molecule has 5 atom stereocenters. The molecule has 160 valence electrons. The molecular formula is C17H25N5O6S. The van der Waals surface area contributed by atoms with E-state index in [0.717, 1.165) is 11.8 Å². The van der Waals surface area contributed by atoms with Crippen LogP contribution in [0, 0.1) is 5.92 Å². The Labute approximate surface area is 171 Å². The van der Waals surface area contributed by atoms with Gasteiger partial charge in [0, 0.05) is 0 Å². The van der Waals surface area contributed by atoms with Gasteiger partial charge in [0.1, 0.15) is 35.9 Å². The molecule has 0 aromatic carbocycles. The summed E-state index contributed by atoms with van der Waals surface area (Å²) in [4.78, 5) is 32.5. The minimum absolute atomic E-state index is 0.0105. The lowest BCUT2D eigenvalue weighted by molar-refractivity contribution is -0.152. The number of thioether (sulfide) groups is 1. The molecule has 2 aliphatic rings. The van der Waals surface area contributed by atoms with Gasteiger partial charge in [-0.15, -0.1) is 0 Å². The minimum Gasteiger partial charge on any atom is -0.462 e. The summed E-state index contributed by atoms with van der Waals surface area (Å²) in [6.45, 7) is 7.37. The number of likely N-dealkylation sites (N-methyl/N-ethyl adjacent to an activating group) is 1. The van der Waals surface area contributed by atoms with E-state index in [1.54, 1.807) is 7.05 Å². The number of nitrogens with one attached hydrogen (secondary N) is 2. The molecule has 29 heavy (non-hydrogen) atoms. The van der Waals surface area contributed by atoms with Crippen molar-refractivity contribution >= 4 is 29.5 Å². The maximum absolute atomic E-state index is 12.2. The van der Waals surface area contributed by atoms with Crippen molar-refractivity contribution in [1.29, 1.82) is 0 Å². The van der Waals surface area contributed by atoms with Crippen LogP contribution in [0.4, 0.5) is 11.8 Å². The SMILES string of the molecule is C=C1Sc2c(nc(N)[nH]c2=O)N1C1OC(COC(=O)C(NC)C(C)C)C(O)C1O. The second-order valence-electron chi connectivity index (χ2n) is 7.16. The van der Waals surface area contributed by atoms with Gasteiger partial charge >= 0.3 is 5.97 Å². The number of H-pyrrole nitrogens is 1. The number of aliphatic hydroxyl groups excluding tert-OH is 2. The third kappa shape index (κ3) is 3.98. The molecule has 0 spiro atoms. The van der Waals surface area contributed by atoms with E-state index in [1.165, 1.54) is 4.90 Å². The first-order valence-corrected chi connectivity index (χ1v) is 9.88. The van der Waals surface area contributed by atoms with Gasteiger partial charge in [0.05, 0.1) is 5.03 Å². The Morgan fingerprint density at radius 2 is 2.17 bits per heavy atom. The highest BCUT2D eigenvalue weighted by molar-refractivity contribution is 8.03. The number of carbonyl (C=O) groups excluding carboxylic acids is 1. The Morgan fingerprint density at radius 3 is 2.79 bits per heavy atom. The zero-order valence-electron chi connectivity index (χ0n) is 16.3. The Kier molecular flexibility index (Phi) is 6.19. The van der Waals surface area contributed by atoms with Gasteiger partial charge in [-0.2, -0.15) is 4.98 Å². The summed E-state index contributed by atoms with van der Waals surface area (Å²) in [6, 6.07) is -0.505. The summed E-state index contributed by atoms with van der Waals surface area (Å²) in [7, 11) is 1.65. The third-order valence-electron chi connectivity index (χ3n) is 4.81. The molecule has 11 nitrogen and oxygen atoms in total. The number of nitrogen functional groups attached to an aromatic ring is 1. The lowest BCUT2D eigenvalue weighted by atomic mass is 10.1. The van der Waals surface area contributed by atoms with Crippen LogP contribution < -0.4 is 21.5 Å². The molecule has 0 amide bonds. The molecule has 0 bridgehead atoms. The molecular weight excluding hydrogens is 402 g/mol. The molecule has 1 aromatic heterocycles. The minimum atomic E-state index is -1.35. The summed E-state index contributed by atoms with van der Waals surface area (Å²) in [5.74, 6) is -0.385. The third-order valence-corrected chi connectivity index (χ3v) is 5.81. The summed E-state index contributed by atoms with van der Waals surface area (Å²) in [5, 5.41) is 24.2. The van der Waals surface area contributed by atoms with Gasteiger partial charge in [-0.05, 0) is 13.0 Å². The monoisotopic (exact) mass is 427 g/mol. The van der Waals surface area contributed by atoms with Crippen LogP contribution in [-0.2, 0) is 14.3 Å².